The molecule has 3 amide bonds. The average Bonchev–Trinajstić information content (AvgIpc) is 3.62. The van der Waals surface area contributed by atoms with Gasteiger partial charge in [0, 0.05) is 24.9 Å². The highest BCUT2D eigenvalue weighted by Crippen LogP contribution is 2.27. The number of carbonyl (C=O) groups is 3. The minimum absolute atomic E-state index is 0.139. The highest BCUT2D eigenvalue weighted by molar-refractivity contribution is 5.94. The Balaban J connectivity index is 0.000000186. The summed E-state index contributed by atoms with van der Waals surface area (Å²) in [5, 5.41) is 3.01. The average molecular weight is 603 g/mol. The van der Waals surface area contributed by atoms with E-state index in [0.29, 0.717) is 31.7 Å². The van der Waals surface area contributed by atoms with E-state index < -0.39 is 11.7 Å². The standard InChI is InChI=1S/C22H25NO3.C17H17NO/c1-22(2,3)26-21(25)23-19(13-14-20(23)24)15-16-9-11-18(12-10-16)17-7-5-4-6-8-17;19-17-11-10-16(18-17)12-13-6-8-15(9-7-13)14-4-2-1-3-5-14/h4-12,19H,13-15H2,1-3H3;1-9,16H,10-12H2,(H,18,19)/t19-;16-/m00/s1. The van der Waals surface area contributed by atoms with Crippen LogP contribution in [-0.4, -0.2) is 40.5 Å². The Kier molecular flexibility index (Phi) is 10.1. The molecule has 2 heterocycles. The van der Waals surface area contributed by atoms with Gasteiger partial charge < -0.3 is 10.1 Å². The van der Waals surface area contributed by atoms with Crippen molar-refractivity contribution in [2.45, 2.75) is 77.0 Å². The van der Waals surface area contributed by atoms with Gasteiger partial charge in [0.15, 0.2) is 0 Å². The molecule has 2 atom stereocenters. The Morgan fingerprint density at radius 3 is 1.64 bits per heavy atom. The lowest BCUT2D eigenvalue weighted by Gasteiger charge is -2.27. The number of rotatable bonds is 6. The molecule has 0 aliphatic carbocycles. The molecule has 6 nitrogen and oxygen atoms in total. The lowest BCUT2D eigenvalue weighted by Crippen LogP contribution is -2.43. The van der Waals surface area contributed by atoms with Gasteiger partial charge in [0.25, 0.3) is 0 Å². The van der Waals surface area contributed by atoms with E-state index in [2.05, 4.69) is 90.2 Å². The van der Waals surface area contributed by atoms with Gasteiger partial charge in [-0.05, 0) is 79.8 Å². The van der Waals surface area contributed by atoms with Crippen molar-refractivity contribution in [1.29, 1.82) is 0 Å². The highest BCUT2D eigenvalue weighted by atomic mass is 16.6. The van der Waals surface area contributed by atoms with E-state index >= 15 is 0 Å². The summed E-state index contributed by atoms with van der Waals surface area (Å²) in [5.74, 6) is 0.0380. The molecular formula is C39H42N2O4. The first-order valence-electron chi connectivity index (χ1n) is 15.8. The molecule has 6 heteroatoms. The van der Waals surface area contributed by atoms with Crippen molar-refractivity contribution in [3.8, 4) is 22.3 Å². The summed E-state index contributed by atoms with van der Waals surface area (Å²) < 4.78 is 5.40. The number of likely N-dealkylation sites (tertiary alicyclic amines) is 1. The van der Waals surface area contributed by atoms with Crippen LogP contribution in [-0.2, 0) is 27.2 Å². The maximum Gasteiger partial charge on any atom is 0.417 e. The van der Waals surface area contributed by atoms with Crippen molar-refractivity contribution < 1.29 is 19.1 Å². The molecular weight excluding hydrogens is 560 g/mol. The molecule has 0 unspecified atom stereocenters. The molecule has 2 aliphatic rings. The third-order valence-electron chi connectivity index (χ3n) is 8.08. The maximum atomic E-state index is 12.4. The number of hydrogen-bond donors (Lipinski definition) is 1. The van der Waals surface area contributed by atoms with E-state index in [1.54, 1.807) is 0 Å². The van der Waals surface area contributed by atoms with Gasteiger partial charge in [0.05, 0.1) is 0 Å². The third-order valence-corrected chi connectivity index (χ3v) is 8.08. The smallest absolute Gasteiger partial charge is 0.417 e. The fourth-order valence-electron chi connectivity index (χ4n) is 5.81. The Morgan fingerprint density at radius 2 is 1.18 bits per heavy atom. The molecule has 4 aromatic rings. The van der Waals surface area contributed by atoms with Gasteiger partial charge in [-0.3, -0.25) is 9.59 Å². The lowest BCUT2D eigenvalue weighted by molar-refractivity contribution is -0.128. The summed E-state index contributed by atoms with van der Waals surface area (Å²) >= 11 is 0. The molecule has 0 radical (unpaired) electrons. The minimum atomic E-state index is -0.609. The van der Waals surface area contributed by atoms with Crippen LogP contribution in [0, 0.1) is 0 Å². The fraction of sp³-hybridized carbons (Fsp3) is 0.308. The van der Waals surface area contributed by atoms with E-state index in [4.69, 9.17) is 4.74 Å². The van der Waals surface area contributed by atoms with Crippen molar-refractivity contribution >= 4 is 17.9 Å². The van der Waals surface area contributed by atoms with Gasteiger partial charge >= 0.3 is 6.09 Å². The zero-order valence-corrected chi connectivity index (χ0v) is 26.4. The number of nitrogens with one attached hydrogen (secondary N) is 1. The second-order valence-electron chi connectivity index (χ2n) is 12.8. The molecule has 0 spiro atoms. The van der Waals surface area contributed by atoms with E-state index in [1.165, 1.54) is 27.2 Å². The van der Waals surface area contributed by atoms with Crippen molar-refractivity contribution in [3.63, 3.8) is 0 Å². The first-order valence-corrected chi connectivity index (χ1v) is 15.8. The number of amides is 3. The van der Waals surface area contributed by atoms with Crippen molar-refractivity contribution in [1.82, 2.24) is 10.2 Å². The van der Waals surface area contributed by atoms with Crippen LogP contribution in [0.3, 0.4) is 0 Å². The Morgan fingerprint density at radius 1 is 0.689 bits per heavy atom. The van der Waals surface area contributed by atoms with Crippen LogP contribution in [0.4, 0.5) is 4.79 Å². The molecule has 4 aromatic carbocycles. The maximum absolute atomic E-state index is 12.4. The van der Waals surface area contributed by atoms with Crippen LogP contribution >= 0.6 is 0 Å². The minimum Gasteiger partial charge on any atom is -0.443 e. The van der Waals surface area contributed by atoms with Crippen LogP contribution < -0.4 is 5.32 Å². The summed E-state index contributed by atoms with van der Waals surface area (Å²) in [6.07, 6.45) is 3.75. The number of imide groups is 1. The summed E-state index contributed by atoms with van der Waals surface area (Å²) in [7, 11) is 0. The predicted molar refractivity (Wildman–Crippen MR) is 178 cm³/mol. The van der Waals surface area contributed by atoms with Crippen LogP contribution in [0.2, 0.25) is 0 Å². The summed E-state index contributed by atoms with van der Waals surface area (Å²) in [4.78, 5) is 37.0. The number of nitrogens with zero attached hydrogens (tertiary/aromatic N) is 1. The molecule has 0 aromatic heterocycles. The van der Waals surface area contributed by atoms with Crippen molar-refractivity contribution in [2.24, 2.45) is 0 Å². The summed E-state index contributed by atoms with van der Waals surface area (Å²) in [5.41, 5.74) is 6.58. The van der Waals surface area contributed by atoms with Crippen LogP contribution in [0.25, 0.3) is 22.3 Å². The quantitative estimate of drug-likeness (QED) is 0.243. The van der Waals surface area contributed by atoms with E-state index in [-0.39, 0.29) is 17.9 Å². The zero-order valence-electron chi connectivity index (χ0n) is 26.4. The number of ether oxygens (including phenoxy) is 1. The second kappa shape index (κ2) is 14.4. The van der Waals surface area contributed by atoms with Gasteiger partial charge in [0.1, 0.15) is 5.60 Å². The molecule has 0 saturated carbocycles. The fourth-order valence-corrected chi connectivity index (χ4v) is 5.81. The number of hydrogen-bond acceptors (Lipinski definition) is 4. The van der Waals surface area contributed by atoms with Crippen LogP contribution in [0.1, 0.15) is 57.6 Å². The Bertz CT molecular complexity index is 1580. The van der Waals surface area contributed by atoms with Crippen molar-refractivity contribution in [2.75, 3.05) is 0 Å². The topological polar surface area (TPSA) is 75.7 Å². The monoisotopic (exact) mass is 602 g/mol. The normalized spacial score (nSPS) is 17.8. The Hall–Kier alpha value is -4.71. The van der Waals surface area contributed by atoms with Gasteiger partial charge in [0.2, 0.25) is 11.8 Å². The van der Waals surface area contributed by atoms with Gasteiger partial charge in [-0.2, -0.15) is 0 Å². The van der Waals surface area contributed by atoms with Crippen LogP contribution in [0.5, 0.6) is 0 Å². The van der Waals surface area contributed by atoms with Crippen molar-refractivity contribution in [3.05, 3.63) is 120 Å². The molecule has 6 rings (SSSR count). The zero-order chi connectivity index (χ0) is 31.8. The summed E-state index contributed by atoms with van der Waals surface area (Å²) in [6, 6.07) is 37.7. The molecule has 2 saturated heterocycles. The molecule has 232 valence electrons. The first kappa shape index (κ1) is 31.7. The van der Waals surface area contributed by atoms with Crippen LogP contribution in [0.15, 0.2) is 109 Å². The van der Waals surface area contributed by atoms with E-state index in [1.807, 2.05) is 45.0 Å². The molecule has 0 bridgehead atoms. The van der Waals surface area contributed by atoms with Gasteiger partial charge in [-0.15, -0.1) is 0 Å². The molecule has 2 fully saturated rings. The molecule has 2 aliphatic heterocycles. The highest BCUT2D eigenvalue weighted by Gasteiger charge is 2.38. The largest absolute Gasteiger partial charge is 0.443 e. The summed E-state index contributed by atoms with van der Waals surface area (Å²) in [6.45, 7) is 5.42. The predicted octanol–water partition coefficient (Wildman–Crippen LogP) is 8.00. The SMILES string of the molecule is CC(C)(C)OC(=O)N1C(=O)CC[C@H]1Cc1ccc(-c2ccccc2)cc1.O=C1CC[C@@H](Cc2ccc(-c3ccccc3)cc2)N1. The first-order chi connectivity index (χ1) is 21.6. The molecule has 1 N–H and O–H groups in total. The van der Waals surface area contributed by atoms with Gasteiger partial charge in [-0.1, -0.05) is 109 Å². The third kappa shape index (κ3) is 8.91. The Labute approximate surface area is 266 Å². The lowest BCUT2D eigenvalue weighted by atomic mass is 10.00. The number of benzene rings is 4. The molecule has 45 heavy (non-hydrogen) atoms. The van der Waals surface area contributed by atoms with E-state index in [9.17, 15) is 14.4 Å². The van der Waals surface area contributed by atoms with Gasteiger partial charge in [-0.25, -0.2) is 9.69 Å². The number of carbonyl (C=O) groups excluding carboxylic acids is 3. The second-order valence-corrected chi connectivity index (χ2v) is 12.8. The van der Waals surface area contributed by atoms with E-state index in [0.717, 1.165) is 24.0 Å².